The Hall–Kier alpha value is -3.62. The summed E-state index contributed by atoms with van der Waals surface area (Å²) < 4.78 is 11.8. The largest absolute Gasteiger partial charge is 0.495 e. The molecule has 1 saturated heterocycles. The Balaban J connectivity index is 1.55. The molecule has 2 aliphatic rings. The average molecular weight is 451 g/mol. The second kappa shape index (κ2) is 10.1. The Morgan fingerprint density at radius 2 is 2.00 bits per heavy atom. The van der Waals surface area contributed by atoms with E-state index >= 15 is 0 Å². The van der Waals surface area contributed by atoms with E-state index in [1.807, 2.05) is 36.4 Å². The number of hydrogen-bond donors (Lipinski definition) is 1. The summed E-state index contributed by atoms with van der Waals surface area (Å²) in [4.78, 5) is 9.20. The summed E-state index contributed by atoms with van der Waals surface area (Å²) in [7, 11) is 1.68. The second-order valence-corrected chi connectivity index (χ2v) is 8.57. The first kappa shape index (κ1) is 22.2. The Kier molecular flexibility index (Phi) is 6.60. The van der Waals surface area contributed by atoms with Gasteiger partial charge in [-0.15, -0.1) is 0 Å². The standard InChI is InChI=1S/C29H28N3O2/c1-20-24(11-6-12-27(20)34-23-9-4-3-5-10-23)29-25-16-22(14-13-21-8-7-15-30-18-21)28(33-2)17-26(25)31-19-32-29/h3-5,9-12,16-17,19,21,30H,6-8,15,18H2,1-2H3. The van der Waals surface area contributed by atoms with E-state index in [1.165, 1.54) is 0 Å². The van der Waals surface area contributed by atoms with Gasteiger partial charge in [-0.05, 0) is 74.6 Å². The van der Waals surface area contributed by atoms with Crippen LogP contribution in [0.4, 0.5) is 0 Å². The summed E-state index contributed by atoms with van der Waals surface area (Å²) in [5, 5.41) is 4.39. The third-order valence-electron chi connectivity index (χ3n) is 6.29. The molecule has 1 aliphatic heterocycles. The molecule has 1 atom stereocenters. The maximum absolute atomic E-state index is 6.19. The van der Waals surface area contributed by atoms with Gasteiger partial charge in [0.2, 0.25) is 0 Å². The molecule has 1 aromatic heterocycles. The van der Waals surface area contributed by atoms with Gasteiger partial charge in [-0.2, -0.15) is 0 Å². The van der Waals surface area contributed by atoms with Crippen molar-refractivity contribution in [1.29, 1.82) is 0 Å². The number of piperidine rings is 1. The molecule has 1 fully saturated rings. The first-order valence-corrected chi connectivity index (χ1v) is 11.8. The minimum absolute atomic E-state index is 0.361. The van der Waals surface area contributed by atoms with E-state index in [1.54, 1.807) is 13.4 Å². The number of methoxy groups -OCH3 is 1. The molecule has 0 saturated carbocycles. The molecule has 5 heteroatoms. The van der Waals surface area contributed by atoms with Gasteiger partial charge in [-0.1, -0.05) is 30.0 Å². The number of nitrogens with zero attached hydrogens (tertiary/aromatic N) is 2. The Labute approximate surface area is 200 Å². The van der Waals surface area contributed by atoms with Gasteiger partial charge >= 0.3 is 0 Å². The van der Waals surface area contributed by atoms with Crippen LogP contribution in [-0.4, -0.2) is 30.2 Å². The van der Waals surface area contributed by atoms with Gasteiger partial charge in [0.1, 0.15) is 23.6 Å². The van der Waals surface area contributed by atoms with Crippen LogP contribution >= 0.6 is 0 Å². The fraction of sp³-hybridized carbons (Fsp3) is 0.276. The van der Waals surface area contributed by atoms with Gasteiger partial charge in [0.05, 0.1) is 23.9 Å². The highest BCUT2D eigenvalue weighted by atomic mass is 16.5. The van der Waals surface area contributed by atoms with E-state index in [0.717, 1.165) is 82.9 Å². The molecule has 34 heavy (non-hydrogen) atoms. The molecule has 1 unspecified atom stereocenters. The lowest BCUT2D eigenvalue weighted by molar-refractivity contribution is 0.414. The summed E-state index contributed by atoms with van der Waals surface area (Å²) in [6.07, 6.45) is 8.97. The average Bonchev–Trinajstić information content (AvgIpc) is 2.89. The number of rotatable bonds is 4. The third kappa shape index (κ3) is 4.69. The minimum atomic E-state index is 0.361. The number of hydrogen-bond acceptors (Lipinski definition) is 5. The number of fused-ring (bicyclic) bond motifs is 1. The smallest absolute Gasteiger partial charge is 0.136 e. The zero-order valence-electron chi connectivity index (χ0n) is 19.6. The zero-order chi connectivity index (χ0) is 23.3. The molecule has 0 spiro atoms. The molecule has 2 aromatic carbocycles. The Morgan fingerprint density at radius 3 is 2.79 bits per heavy atom. The maximum atomic E-state index is 6.19. The van der Waals surface area contributed by atoms with Crippen molar-refractivity contribution in [3.05, 3.63) is 83.9 Å². The van der Waals surface area contributed by atoms with Crippen LogP contribution < -0.4 is 14.8 Å². The van der Waals surface area contributed by atoms with Crippen molar-refractivity contribution in [3.63, 3.8) is 0 Å². The lowest BCUT2D eigenvalue weighted by Gasteiger charge is -2.20. The summed E-state index contributed by atoms with van der Waals surface area (Å²) in [5.41, 5.74) is 4.69. The van der Waals surface area contributed by atoms with Crippen LogP contribution in [0.2, 0.25) is 0 Å². The van der Waals surface area contributed by atoms with Crippen molar-refractivity contribution < 1.29 is 9.47 Å². The quantitative estimate of drug-likeness (QED) is 0.544. The van der Waals surface area contributed by atoms with Crippen LogP contribution in [0, 0.1) is 24.2 Å². The van der Waals surface area contributed by atoms with Crippen molar-refractivity contribution >= 4 is 16.5 Å². The summed E-state index contributed by atoms with van der Waals surface area (Å²) >= 11 is 0. The van der Waals surface area contributed by atoms with E-state index in [-0.39, 0.29) is 0 Å². The van der Waals surface area contributed by atoms with E-state index in [4.69, 9.17) is 9.47 Å². The van der Waals surface area contributed by atoms with Gasteiger partial charge in [0.15, 0.2) is 0 Å². The van der Waals surface area contributed by atoms with Gasteiger partial charge in [-0.3, -0.25) is 0 Å². The van der Waals surface area contributed by atoms with Crippen LogP contribution in [0.25, 0.3) is 16.5 Å². The van der Waals surface area contributed by atoms with E-state index in [9.17, 15) is 0 Å². The lowest BCUT2D eigenvalue weighted by Crippen LogP contribution is -2.28. The van der Waals surface area contributed by atoms with Crippen LogP contribution in [0.5, 0.6) is 11.5 Å². The van der Waals surface area contributed by atoms with E-state index in [2.05, 4.69) is 52.6 Å². The van der Waals surface area contributed by atoms with E-state index < -0.39 is 0 Å². The van der Waals surface area contributed by atoms with Crippen LogP contribution in [0.3, 0.4) is 0 Å². The predicted molar refractivity (Wildman–Crippen MR) is 135 cm³/mol. The highest BCUT2D eigenvalue weighted by Crippen LogP contribution is 2.36. The number of ether oxygens (including phenoxy) is 2. The lowest BCUT2D eigenvalue weighted by atomic mass is 9.92. The van der Waals surface area contributed by atoms with Crippen molar-refractivity contribution in [2.45, 2.75) is 26.2 Å². The molecule has 1 aliphatic carbocycles. The van der Waals surface area contributed by atoms with Crippen LogP contribution in [0.1, 0.15) is 37.4 Å². The predicted octanol–water partition coefficient (Wildman–Crippen LogP) is 5.33. The molecule has 0 amide bonds. The van der Waals surface area contributed by atoms with E-state index in [0.29, 0.717) is 5.92 Å². The summed E-state index contributed by atoms with van der Waals surface area (Å²) in [6.45, 7) is 4.09. The Morgan fingerprint density at radius 1 is 1.12 bits per heavy atom. The highest BCUT2D eigenvalue weighted by Gasteiger charge is 2.20. The SMILES string of the molecule is COc1cc2ncnc(C3=C(C)C(Oc4ccccc4)=CC[CH]3)c2cc1C#CC1CCCNC1. The molecular formula is C29H28N3O2. The molecular weight excluding hydrogens is 422 g/mol. The van der Waals surface area contributed by atoms with Gasteiger partial charge in [-0.25, -0.2) is 9.97 Å². The number of aromatic nitrogens is 2. The molecule has 171 valence electrons. The van der Waals surface area contributed by atoms with Crippen molar-refractivity contribution in [2.75, 3.05) is 20.2 Å². The van der Waals surface area contributed by atoms with Crippen molar-refractivity contribution in [1.82, 2.24) is 15.3 Å². The molecule has 0 bridgehead atoms. The summed E-state index contributed by atoms with van der Waals surface area (Å²) in [5.74, 6) is 9.59. The maximum Gasteiger partial charge on any atom is 0.136 e. The molecule has 1 radical (unpaired) electrons. The van der Waals surface area contributed by atoms with Gasteiger partial charge < -0.3 is 14.8 Å². The van der Waals surface area contributed by atoms with Crippen molar-refractivity contribution in [2.24, 2.45) is 5.92 Å². The Bertz CT molecular complexity index is 1310. The van der Waals surface area contributed by atoms with Crippen LogP contribution in [0.15, 0.2) is 66.2 Å². The minimum Gasteiger partial charge on any atom is -0.495 e. The van der Waals surface area contributed by atoms with Crippen LogP contribution in [-0.2, 0) is 0 Å². The second-order valence-electron chi connectivity index (χ2n) is 8.57. The molecule has 3 aromatic rings. The molecule has 5 rings (SSSR count). The number of nitrogens with one attached hydrogen (secondary N) is 1. The molecule has 2 heterocycles. The fourth-order valence-electron chi connectivity index (χ4n) is 4.45. The summed E-state index contributed by atoms with van der Waals surface area (Å²) in [6, 6.07) is 13.9. The number of para-hydroxylation sites is 1. The molecule has 5 nitrogen and oxygen atoms in total. The van der Waals surface area contributed by atoms with Crippen molar-refractivity contribution in [3.8, 4) is 23.3 Å². The topological polar surface area (TPSA) is 56.3 Å². The highest BCUT2D eigenvalue weighted by molar-refractivity contribution is 5.95. The van der Waals surface area contributed by atoms with Gasteiger partial charge in [0, 0.05) is 23.9 Å². The monoisotopic (exact) mass is 450 g/mol. The first-order valence-electron chi connectivity index (χ1n) is 11.8. The third-order valence-corrected chi connectivity index (χ3v) is 6.29. The first-order chi connectivity index (χ1) is 16.7. The fourth-order valence-corrected chi connectivity index (χ4v) is 4.45. The van der Waals surface area contributed by atoms with Gasteiger partial charge in [0.25, 0.3) is 0 Å². The number of benzene rings is 2. The zero-order valence-corrected chi connectivity index (χ0v) is 19.6. The molecule has 1 N–H and O–H groups in total. The normalized spacial score (nSPS) is 18.2. The number of allylic oxidation sites excluding steroid dienone is 3.